The summed E-state index contributed by atoms with van der Waals surface area (Å²) in [6.45, 7) is 6.36. The minimum atomic E-state index is -0.846. The number of carbonyl (C=O) groups is 2. The van der Waals surface area contributed by atoms with E-state index in [1.807, 2.05) is 26.8 Å². The van der Waals surface area contributed by atoms with Crippen molar-refractivity contribution in [2.24, 2.45) is 11.3 Å². The Kier molecular flexibility index (Phi) is 4.16. The molecule has 1 aromatic heterocycles. The SMILES string of the molecule is Cc1ccncc1NC(=O)N1CCC(C(=O)O)(C(C)C)C1. The van der Waals surface area contributed by atoms with Gasteiger partial charge in [0.05, 0.1) is 17.3 Å². The molecule has 6 nitrogen and oxygen atoms in total. The van der Waals surface area contributed by atoms with Crippen molar-refractivity contribution in [3.63, 3.8) is 0 Å². The summed E-state index contributed by atoms with van der Waals surface area (Å²) in [5, 5.41) is 12.3. The standard InChI is InChI=1S/C15H21N3O3/c1-10(2)15(13(19)20)5-7-18(9-15)14(21)17-12-8-16-6-4-11(12)3/h4,6,8,10H,5,7,9H2,1-3H3,(H,17,21)(H,19,20). The number of aryl methyl sites for hydroxylation is 1. The van der Waals surface area contributed by atoms with Crippen molar-refractivity contribution in [1.29, 1.82) is 0 Å². The van der Waals surface area contributed by atoms with Crippen molar-refractivity contribution in [2.45, 2.75) is 27.2 Å². The van der Waals surface area contributed by atoms with E-state index in [1.165, 1.54) is 0 Å². The maximum absolute atomic E-state index is 12.3. The Hall–Kier alpha value is -2.11. The van der Waals surface area contributed by atoms with Crippen LogP contribution in [0.25, 0.3) is 0 Å². The second kappa shape index (κ2) is 5.71. The van der Waals surface area contributed by atoms with Gasteiger partial charge in [-0.15, -0.1) is 0 Å². The van der Waals surface area contributed by atoms with E-state index in [0.29, 0.717) is 18.7 Å². The summed E-state index contributed by atoms with van der Waals surface area (Å²) in [5.74, 6) is -0.849. The van der Waals surface area contributed by atoms with E-state index >= 15 is 0 Å². The molecule has 0 saturated carbocycles. The van der Waals surface area contributed by atoms with E-state index in [4.69, 9.17) is 0 Å². The van der Waals surface area contributed by atoms with Crippen LogP contribution in [0, 0.1) is 18.3 Å². The second-order valence-electron chi connectivity index (χ2n) is 5.91. The Morgan fingerprint density at radius 3 is 2.71 bits per heavy atom. The highest BCUT2D eigenvalue weighted by atomic mass is 16.4. The molecule has 21 heavy (non-hydrogen) atoms. The summed E-state index contributed by atoms with van der Waals surface area (Å²) < 4.78 is 0. The summed E-state index contributed by atoms with van der Waals surface area (Å²) in [7, 11) is 0. The van der Waals surface area contributed by atoms with Gasteiger partial charge >= 0.3 is 12.0 Å². The van der Waals surface area contributed by atoms with Crippen LogP contribution in [0.4, 0.5) is 10.5 Å². The van der Waals surface area contributed by atoms with Gasteiger partial charge in [-0.25, -0.2) is 4.79 Å². The lowest BCUT2D eigenvalue weighted by molar-refractivity contribution is -0.150. The minimum Gasteiger partial charge on any atom is -0.481 e. The molecule has 1 unspecified atom stereocenters. The maximum Gasteiger partial charge on any atom is 0.321 e. The van der Waals surface area contributed by atoms with Gasteiger partial charge in [0.15, 0.2) is 0 Å². The summed E-state index contributed by atoms with van der Waals surface area (Å²) in [4.78, 5) is 29.4. The molecule has 1 fully saturated rings. The smallest absolute Gasteiger partial charge is 0.321 e. The molecule has 1 aliphatic rings. The third kappa shape index (κ3) is 2.84. The van der Waals surface area contributed by atoms with Crippen LogP contribution in [-0.2, 0) is 4.79 Å². The molecule has 1 saturated heterocycles. The number of aromatic nitrogens is 1. The van der Waals surface area contributed by atoms with Crippen molar-refractivity contribution < 1.29 is 14.7 Å². The lowest BCUT2D eigenvalue weighted by atomic mass is 9.76. The van der Waals surface area contributed by atoms with Gasteiger partial charge in [0, 0.05) is 19.3 Å². The van der Waals surface area contributed by atoms with Crippen LogP contribution in [-0.4, -0.2) is 40.1 Å². The van der Waals surface area contributed by atoms with Crippen molar-refractivity contribution in [2.75, 3.05) is 18.4 Å². The molecule has 1 atom stereocenters. The van der Waals surface area contributed by atoms with Crippen molar-refractivity contribution >= 4 is 17.7 Å². The molecule has 0 radical (unpaired) electrons. The highest BCUT2D eigenvalue weighted by Gasteiger charge is 2.48. The average molecular weight is 291 g/mol. The molecule has 0 aliphatic carbocycles. The van der Waals surface area contributed by atoms with E-state index in [2.05, 4.69) is 10.3 Å². The Balaban J connectivity index is 2.09. The van der Waals surface area contributed by atoms with Crippen molar-refractivity contribution in [1.82, 2.24) is 9.88 Å². The first-order valence-electron chi connectivity index (χ1n) is 7.07. The van der Waals surface area contributed by atoms with Gasteiger partial charge in [-0.1, -0.05) is 13.8 Å². The molecule has 0 spiro atoms. The lowest BCUT2D eigenvalue weighted by Gasteiger charge is -2.28. The van der Waals surface area contributed by atoms with Crippen LogP contribution in [0.3, 0.4) is 0 Å². The number of hydrogen-bond donors (Lipinski definition) is 2. The van der Waals surface area contributed by atoms with E-state index in [0.717, 1.165) is 5.56 Å². The zero-order valence-corrected chi connectivity index (χ0v) is 12.6. The average Bonchev–Trinajstić information content (AvgIpc) is 2.88. The predicted molar refractivity (Wildman–Crippen MR) is 79.1 cm³/mol. The number of urea groups is 1. The number of aliphatic carboxylic acids is 1. The summed E-state index contributed by atoms with van der Waals surface area (Å²) >= 11 is 0. The molecule has 0 aromatic carbocycles. The lowest BCUT2D eigenvalue weighted by Crippen LogP contribution is -2.41. The van der Waals surface area contributed by atoms with Crippen molar-refractivity contribution in [3.8, 4) is 0 Å². The van der Waals surface area contributed by atoms with E-state index < -0.39 is 11.4 Å². The predicted octanol–water partition coefficient (Wildman–Crippen LogP) is 2.35. The number of nitrogens with zero attached hydrogens (tertiary/aromatic N) is 2. The van der Waals surface area contributed by atoms with Gasteiger partial charge < -0.3 is 15.3 Å². The molecule has 1 aromatic rings. The molecule has 2 N–H and O–H groups in total. The van der Waals surface area contributed by atoms with E-state index in [1.54, 1.807) is 17.3 Å². The first-order chi connectivity index (χ1) is 9.86. The fraction of sp³-hybridized carbons (Fsp3) is 0.533. The molecule has 1 aliphatic heterocycles. The van der Waals surface area contributed by atoms with Crippen LogP contribution in [0.1, 0.15) is 25.8 Å². The Labute approximate surface area is 124 Å². The zero-order chi connectivity index (χ0) is 15.6. The van der Waals surface area contributed by atoms with Gasteiger partial charge in [-0.05, 0) is 30.9 Å². The molecular weight excluding hydrogens is 270 g/mol. The molecule has 6 heteroatoms. The number of likely N-dealkylation sites (tertiary alicyclic amines) is 1. The first kappa shape index (κ1) is 15.3. The number of carboxylic acids is 1. The molecule has 0 bridgehead atoms. The van der Waals surface area contributed by atoms with Gasteiger partial charge in [0.2, 0.25) is 0 Å². The molecule has 2 amide bonds. The number of hydrogen-bond acceptors (Lipinski definition) is 3. The number of pyridine rings is 1. The van der Waals surface area contributed by atoms with E-state index in [-0.39, 0.29) is 18.5 Å². The summed E-state index contributed by atoms with van der Waals surface area (Å²) in [6, 6.07) is 1.55. The highest BCUT2D eigenvalue weighted by molar-refractivity contribution is 5.91. The third-order valence-electron chi connectivity index (χ3n) is 4.40. The summed E-state index contributed by atoms with van der Waals surface area (Å²) in [5.41, 5.74) is 0.729. The van der Waals surface area contributed by atoms with Crippen LogP contribution in [0.5, 0.6) is 0 Å². The van der Waals surface area contributed by atoms with Gasteiger partial charge in [-0.3, -0.25) is 9.78 Å². The topological polar surface area (TPSA) is 82.5 Å². The largest absolute Gasteiger partial charge is 0.481 e. The van der Waals surface area contributed by atoms with Gasteiger partial charge in [0.1, 0.15) is 0 Å². The van der Waals surface area contributed by atoms with Crippen LogP contribution in [0.15, 0.2) is 18.5 Å². The monoisotopic (exact) mass is 291 g/mol. The normalized spacial score (nSPS) is 21.6. The molecule has 2 rings (SSSR count). The van der Waals surface area contributed by atoms with Crippen LogP contribution >= 0.6 is 0 Å². The van der Waals surface area contributed by atoms with Gasteiger partial charge in [0.25, 0.3) is 0 Å². The molecule has 114 valence electrons. The summed E-state index contributed by atoms with van der Waals surface area (Å²) in [6.07, 6.45) is 3.74. The maximum atomic E-state index is 12.3. The van der Waals surface area contributed by atoms with Crippen LogP contribution in [0.2, 0.25) is 0 Å². The Morgan fingerprint density at radius 2 is 2.19 bits per heavy atom. The highest BCUT2D eigenvalue weighted by Crippen LogP contribution is 2.38. The Morgan fingerprint density at radius 1 is 1.48 bits per heavy atom. The van der Waals surface area contributed by atoms with E-state index in [9.17, 15) is 14.7 Å². The fourth-order valence-corrected chi connectivity index (χ4v) is 2.69. The number of carbonyl (C=O) groups excluding carboxylic acids is 1. The molecule has 2 heterocycles. The van der Waals surface area contributed by atoms with Crippen LogP contribution < -0.4 is 5.32 Å². The quantitative estimate of drug-likeness (QED) is 0.895. The second-order valence-corrected chi connectivity index (χ2v) is 5.91. The number of nitrogens with one attached hydrogen (secondary N) is 1. The Bertz CT molecular complexity index is 559. The number of rotatable bonds is 3. The number of carboxylic acid groups (broad SMARTS) is 1. The fourth-order valence-electron chi connectivity index (χ4n) is 2.69. The zero-order valence-electron chi connectivity index (χ0n) is 12.6. The minimum absolute atomic E-state index is 0.0204. The first-order valence-corrected chi connectivity index (χ1v) is 7.07. The van der Waals surface area contributed by atoms with Gasteiger partial charge in [-0.2, -0.15) is 0 Å². The molecular formula is C15H21N3O3. The number of amides is 2. The van der Waals surface area contributed by atoms with Crippen molar-refractivity contribution in [3.05, 3.63) is 24.0 Å². The third-order valence-corrected chi connectivity index (χ3v) is 4.40. The number of anilines is 1.